The van der Waals surface area contributed by atoms with Gasteiger partial charge in [-0.25, -0.2) is 0 Å². The van der Waals surface area contributed by atoms with E-state index >= 15 is 0 Å². The Bertz CT molecular complexity index is 166. The van der Waals surface area contributed by atoms with Crippen LogP contribution in [0.3, 0.4) is 0 Å². The molecule has 0 unspecified atom stereocenters. The molecule has 0 saturated carbocycles. The molecule has 0 aromatic heterocycles. The Morgan fingerprint density at radius 3 is 2.27 bits per heavy atom. The highest BCUT2D eigenvalue weighted by Gasteiger charge is 2.23. The molecule has 0 aromatic carbocycles. The largest absolute Gasteiger partial charge is 0.383 e. The van der Waals surface area contributed by atoms with Crippen molar-refractivity contribution in [1.29, 1.82) is 0 Å². The van der Waals surface area contributed by atoms with Crippen molar-refractivity contribution in [2.75, 3.05) is 33.4 Å². The fraction of sp³-hybridized carbons (Fsp3) is 1.00. The summed E-state index contributed by atoms with van der Waals surface area (Å²) in [5.74, 6) is 0.948. The highest BCUT2D eigenvalue weighted by Crippen LogP contribution is 2.30. The first-order valence-corrected chi connectivity index (χ1v) is 6.22. The van der Waals surface area contributed by atoms with Gasteiger partial charge in [0.2, 0.25) is 0 Å². The fourth-order valence-electron chi connectivity index (χ4n) is 2.50. The zero-order valence-electron chi connectivity index (χ0n) is 10.9. The Labute approximate surface area is 95.0 Å². The summed E-state index contributed by atoms with van der Waals surface area (Å²) in [5, 5.41) is 0. The molecule has 2 heteroatoms. The molecular weight excluding hydrogens is 186 g/mol. The third kappa shape index (κ3) is 5.53. The summed E-state index contributed by atoms with van der Waals surface area (Å²) in [6, 6.07) is 0. The maximum Gasteiger partial charge on any atom is 0.0589 e. The lowest BCUT2D eigenvalue weighted by Gasteiger charge is -2.34. The summed E-state index contributed by atoms with van der Waals surface area (Å²) in [5.41, 5.74) is 0.499. The Morgan fingerprint density at radius 1 is 1.20 bits per heavy atom. The molecule has 0 atom stereocenters. The number of hydrogen-bond donors (Lipinski definition) is 0. The SMILES string of the molecule is COCCN1CCC(CC(C)(C)C)CC1. The lowest BCUT2D eigenvalue weighted by atomic mass is 9.80. The Morgan fingerprint density at radius 2 is 1.80 bits per heavy atom. The van der Waals surface area contributed by atoms with Gasteiger partial charge in [0.25, 0.3) is 0 Å². The van der Waals surface area contributed by atoms with Gasteiger partial charge in [0.1, 0.15) is 0 Å². The minimum atomic E-state index is 0.499. The standard InChI is InChI=1S/C13H27NO/c1-13(2,3)11-12-5-7-14(8-6-12)9-10-15-4/h12H,5-11H2,1-4H3. The van der Waals surface area contributed by atoms with E-state index in [2.05, 4.69) is 25.7 Å². The summed E-state index contributed by atoms with van der Waals surface area (Å²) < 4.78 is 5.11. The van der Waals surface area contributed by atoms with E-state index in [0.717, 1.165) is 19.1 Å². The zero-order chi connectivity index (χ0) is 11.3. The van der Waals surface area contributed by atoms with Crippen LogP contribution in [0.1, 0.15) is 40.0 Å². The molecule has 1 rings (SSSR count). The van der Waals surface area contributed by atoms with Gasteiger partial charge in [0.15, 0.2) is 0 Å². The minimum absolute atomic E-state index is 0.499. The van der Waals surface area contributed by atoms with Gasteiger partial charge in [-0.3, -0.25) is 0 Å². The van der Waals surface area contributed by atoms with Crippen LogP contribution < -0.4 is 0 Å². The maximum absolute atomic E-state index is 5.11. The van der Waals surface area contributed by atoms with Crippen molar-refractivity contribution in [3.05, 3.63) is 0 Å². The summed E-state index contributed by atoms with van der Waals surface area (Å²) in [6.45, 7) is 11.6. The van der Waals surface area contributed by atoms with Crippen molar-refractivity contribution in [1.82, 2.24) is 4.90 Å². The second-order valence-electron chi connectivity index (χ2n) is 6.04. The Kier molecular flexibility index (Phi) is 5.07. The molecule has 2 nitrogen and oxygen atoms in total. The van der Waals surface area contributed by atoms with Crippen molar-refractivity contribution in [2.45, 2.75) is 40.0 Å². The predicted octanol–water partition coefficient (Wildman–Crippen LogP) is 2.78. The summed E-state index contributed by atoms with van der Waals surface area (Å²) in [4.78, 5) is 2.53. The van der Waals surface area contributed by atoms with Crippen LogP contribution in [-0.4, -0.2) is 38.3 Å². The molecule has 1 aliphatic rings. The van der Waals surface area contributed by atoms with Crippen LogP contribution in [0.25, 0.3) is 0 Å². The van der Waals surface area contributed by atoms with Gasteiger partial charge in [0.05, 0.1) is 6.61 Å². The quantitative estimate of drug-likeness (QED) is 0.712. The van der Waals surface area contributed by atoms with Crippen LogP contribution in [0.2, 0.25) is 0 Å². The number of rotatable bonds is 4. The minimum Gasteiger partial charge on any atom is -0.383 e. The number of nitrogens with zero attached hydrogens (tertiary/aromatic N) is 1. The van der Waals surface area contributed by atoms with E-state index in [1.54, 1.807) is 7.11 Å². The molecule has 0 spiro atoms. The molecule has 0 aliphatic carbocycles. The van der Waals surface area contributed by atoms with Crippen LogP contribution in [0.15, 0.2) is 0 Å². The third-order valence-electron chi connectivity index (χ3n) is 3.22. The van der Waals surface area contributed by atoms with E-state index in [-0.39, 0.29) is 0 Å². The van der Waals surface area contributed by atoms with Gasteiger partial charge in [-0.2, -0.15) is 0 Å². The molecule has 1 aliphatic heterocycles. The molecule has 0 bridgehead atoms. The second-order valence-corrected chi connectivity index (χ2v) is 6.04. The average molecular weight is 213 g/mol. The molecule has 90 valence electrons. The molecule has 1 saturated heterocycles. The van der Waals surface area contributed by atoms with E-state index < -0.39 is 0 Å². The number of piperidine rings is 1. The molecule has 0 N–H and O–H groups in total. The van der Waals surface area contributed by atoms with Crippen LogP contribution in [0, 0.1) is 11.3 Å². The van der Waals surface area contributed by atoms with Crippen molar-refractivity contribution < 1.29 is 4.74 Å². The zero-order valence-corrected chi connectivity index (χ0v) is 10.9. The molecule has 0 radical (unpaired) electrons. The molecule has 0 aromatic rings. The van der Waals surface area contributed by atoms with Gasteiger partial charge in [-0.15, -0.1) is 0 Å². The highest BCUT2D eigenvalue weighted by atomic mass is 16.5. The maximum atomic E-state index is 5.11. The van der Waals surface area contributed by atoms with Crippen LogP contribution in [0.4, 0.5) is 0 Å². The van der Waals surface area contributed by atoms with Gasteiger partial charge in [-0.1, -0.05) is 20.8 Å². The number of ether oxygens (including phenoxy) is 1. The topological polar surface area (TPSA) is 12.5 Å². The summed E-state index contributed by atoms with van der Waals surface area (Å²) in [6.07, 6.45) is 4.13. The fourth-order valence-corrected chi connectivity index (χ4v) is 2.50. The van der Waals surface area contributed by atoms with Gasteiger partial charge in [0, 0.05) is 13.7 Å². The van der Waals surface area contributed by atoms with Crippen LogP contribution >= 0.6 is 0 Å². The van der Waals surface area contributed by atoms with Gasteiger partial charge < -0.3 is 9.64 Å². The van der Waals surface area contributed by atoms with E-state index in [9.17, 15) is 0 Å². The highest BCUT2D eigenvalue weighted by molar-refractivity contribution is 4.76. The van der Waals surface area contributed by atoms with E-state index in [1.165, 1.54) is 32.4 Å². The van der Waals surface area contributed by atoms with Crippen LogP contribution in [0.5, 0.6) is 0 Å². The number of methoxy groups -OCH3 is 1. The van der Waals surface area contributed by atoms with Crippen molar-refractivity contribution in [3.8, 4) is 0 Å². The monoisotopic (exact) mass is 213 g/mol. The lowest BCUT2D eigenvalue weighted by molar-refractivity contribution is 0.109. The number of hydrogen-bond acceptors (Lipinski definition) is 2. The van der Waals surface area contributed by atoms with Crippen LogP contribution in [-0.2, 0) is 4.74 Å². The smallest absolute Gasteiger partial charge is 0.0589 e. The third-order valence-corrected chi connectivity index (χ3v) is 3.22. The van der Waals surface area contributed by atoms with Crippen molar-refractivity contribution in [3.63, 3.8) is 0 Å². The van der Waals surface area contributed by atoms with E-state index in [4.69, 9.17) is 4.74 Å². The van der Waals surface area contributed by atoms with Gasteiger partial charge >= 0.3 is 0 Å². The Balaban J connectivity index is 2.18. The number of likely N-dealkylation sites (tertiary alicyclic amines) is 1. The predicted molar refractivity (Wildman–Crippen MR) is 65.1 cm³/mol. The molecule has 1 heterocycles. The Hall–Kier alpha value is -0.0800. The average Bonchev–Trinajstić information content (AvgIpc) is 2.14. The van der Waals surface area contributed by atoms with Gasteiger partial charge in [-0.05, 0) is 43.7 Å². The first kappa shape index (κ1) is 13.0. The van der Waals surface area contributed by atoms with Crippen molar-refractivity contribution in [2.24, 2.45) is 11.3 Å². The molecule has 0 amide bonds. The first-order valence-electron chi connectivity index (χ1n) is 6.22. The molecule has 15 heavy (non-hydrogen) atoms. The lowest BCUT2D eigenvalue weighted by Crippen LogP contribution is -2.36. The first-order chi connectivity index (χ1) is 7.01. The van der Waals surface area contributed by atoms with Crippen molar-refractivity contribution >= 4 is 0 Å². The molecular formula is C13H27NO. The summed E-state index contributed by atoms with van der Waals surface area (Å²) >= 11 is 0. The van der Waals surface area contributed by atoms with E-state index in [1.807, 2.05) is 0 Å². The molecule has 1 fully saturated rings. The normalized spacial score (nSPS) is 20.8. The van der Waals surface area contributed by atoms with E-state index in [0.29, 0.717) is 5.41 Å². The summed E-state index contributed by atoms with van der Waals surface area (Å²) in [7, 11) is 1.78. The second kappa shape index (κ2) is 5.86.